The second-order valence-electron chi connectivity index (χ2n) is 5.07. The van der Waals surface area contributed by atoms with Gasteiger partial charge >= 0.3 is 0 Å². The van der Waals surface area contributed by atoms with Crippen molar-refractivity contribution in [2.24, 2.45) is 0 Å². The standard InChI is InChI=1S/C15H15BrF2N2O/c16-13-5-4-10(7-12(13)15(17)18)11-8-19-20(9-11)14-3-1-2-6-21-14/h4-5,7-9,14-15H,1-3,6H2. The Morgan fingerprint density at radius 3 is 2.86 bits per heavy atom. The highest BCUT2D eigenvalue weighted by Gasteiger charge is 2.18. The Morgan fingerprint density at radius 2 is 2.14 bits per heavy atom. The maximum Gasteiger partial charge on any atom is 0.264 e. The number of nitrogens with zero attached hydrogens (tertiary/aromatic N) is 2. The molecule has 1 fully saturated rings. The van der Waals surface area contributed by atoms with Crippen LogP contribution in [0.4, 0.5) is 8.78 Å². The second kappa shape index (κ2) is 6.23. The average molecular weight is 357 g/mol. The molecule has 0 saturated carbocycles. The number of alkyl halides is 2. The van der Waals surface area contributed by atoms with Crippen LogP contribution in [0.3, 0.4) is 0 Å². The minimum absolute atomic E-state index is 0.00540. The summed E-state index contributed by atoms with van der Waals surface area (Å²) < 4.78 is 33.8. The van der Waals surface area contributed by atoms with E-state index < -0.39 is 6.43 Å². The molecule has 0 spiro atoms. The van der Waals surface area contributed by atoms with Gasteiger partial charge in [-0.2, -0.15) is 5.10 Å². The van der Waals surface area contributed by atoms with Gasteiger partial charge < -0.3 is 4.74 Å². The molecule has 1 aromatic heterocycles. The molecule has 21 heavy (non-hydrogen) atoms. The lowest BCUT2D eigenvalue weighted by Gasteiger charge is -2.22. The van der Waals surface area contributed by atoms with Crippen LogP contribution in [0, 0.1) is 0 Å². The number of benzene rings is 1. The van der Waals surface area contributed by atoms with E-state index in [2.05, 4.69) is 21.0 Å². The Kier molecular flexibility index (Phi) is 4.35. The van der Waals surface area contributed by atoms with Crippen LogP contribution in [0.5, 0.6) is 0 Å². The molecule has 0 aliphatic carbocycles. The third kappa shape index (κ3) is 3.16. The molecule has 1 aliphatic rings. The maximum absolute atomic E-state index is 12.9. The smallest absolute Gasteiger partial charge is 0.264 e. The summed E-state index contributed by atoms with van der Waals surface area (Å²) in [5, 5.41) is 4.31. The molecule has 1 unspecified atom stereocenters. The molecule has 0 N–H and O–H groups in total. The van der Waals surface area contributed by atoms with E-state index in [1.54, 1.807) is 23.0 Å². The van der Waals surface area contributed by atoms with Crippen LogP contribution in [0.1, 0.15) is 37.5 Å². The van der Waals surface area contributed by atoms with E-state index in [0.717, 1.165) is 37.0 Å². The molecule has 2 heterocycles. The summed E-state index contributed by atoms with van der Waals surface area (Å²) in [6, 6.07) is 4.95. The van der Waals surface area contributed by atoms with Gasteiger partial charge in [0.2, 0.25) is 0 Å². The zero-order valence-corrected chi connectivity index (χ0v) is 12.9. The van der Waals surface area contributed by atoms with Crippen molar-refractivity contribution in [1.29, 1.82) is 0 Å². The zero-order chi connectivity index (χ0) is 14.8. The first kappa shape index (κ1) is 14.7. The number of halogens is 3. The first-order chi connectivity index (χ1) is 10.1. The van der Waals surface area contributed by atoms with Crippen molar-refractivity contribution in [2.75, 3.05) is 6.61 Å². The van der Waals surface area contributed by atoms with E-state index in [0.29, 0.717) is 4.47 Å². The number of hydrogen-bond acceptors (Lipinski definition) is 2. The van der Waals surface area contributed by atoms with Crippen LogP contribution < -0.4 is 0 Å². The Bertz CT molecular complexity index is 624. The van der Waals surface area contributed by atoms with Crippen molar-refractivity contribution in [3.63, 3.8) is 0 Å². The molecule has 1 aliphatic heterocycles. The molecule has 1 saturated heterocycles. The molecule has 3 nitrogen and oxygen atoms in total. The third-order valence-electron chi connectivity index (χ3n) is 3.62. The zero-order valence-electron chi connectivity index (χ0n) is 11.3. The number of rotatable bonds is 3. The summed E-state index contributed by atoms with van der Waals surface area (Å²) in [6.07, 6.45) is 4.13. The van der Waals surface area contributed by atoms with Gasteiger partial charge in [-0.3, -0.25) is 0 Å². The van der Waals surface area contributed by atoms with Crippen LogP contribution in [-0.4, -0.2) is 16.4 Å². The predicted molar refractivity (Wildman–Crippen MR) is 79.2 cm³/mol. The van der Waals surface area contributed by atoms with Gasteiger partial charge in [0.1, 0.15) is 6.23 Å². The maximum atomic E-state index is 12.9. The highest BCUT2D eigenvalue weighted by atomic mass is 79.9. The monoisotopic (exact) mass is 356 g/mol. The van der Waals surface area contributed by atoms with Gasteiger partial charge in [0.05, 0.1) is 6.20 Å². The Hall–Kier alpha value is -1.27. The van der Waals surface area contributed by atoms with Gasteiger partial charge in [-0.05, 0) is 37.0 Å². The molecule has 0 radical (unpaired) electrons. The fourth-order valence-corrected chi connectivity index (χ4v) is 2.89. The Morgan fingerprint density at radius 1 is 1.29 bits per heavy atom. The molecule has 1 atom stereocenters. The Balaban J connectivity index is 1.87. The summed E-state index contributed by atoms with van der Waals surface area (Å²) in [6.45, 7) is 0.744. The second-order valence-corrected chi connectivity index (χ2v) is 5.92. The minimum atomic E-state index is -2.50. The van der Waals surface area contributed by atoms with Crippen LogP contribution >= 0.6 is 15.9 Å². The minimum Gasteiger partial charge on any atom is -0.357 e. The highest BCUT2D eigenvalue weighted by Crippen LogP contribution is 2.32. The normalized spacial score (nSPS) is 19.1. The van der Waals surface area contributed by atoms with Crippen LogP contribution in [-0.2, 0) is 4.74 Å². The predicted octanol–water partition coefficient (Wildman–Crippen LogP) is 4.95. The molecule has 0 amide bonds. The summed E-state index contributed by atoms with van der Waals surface area (Å²) >= 11 is 3.15. The van der Waals surface area contributed by atoms with Crippen LogP contribution in [0.2, 0.25) is 0 Å². The molecule has 1 aromatic carbocycles. The van der Waals surface area contributed by atoms with Crippen molar-refractivity contribution < 1.29 is 13.5 Å². The van der Waals surface area contributed by atoms with Crippen LogP contribution in [0.15, 0.2) is 35.1 Å². The summed E-state index contributed by atoms with van der Waals surface area (Å²) in [7, 11) is 0. The first-order valence-corrected chi connectivity index (χ1v) is 7.68. The number of aromatic nitrogens is 2. The van der Waals surface area contributed by atoms with E-state index in [9.17, 15) is 8.78 Å². The van der Waals surface area contributed by atoms with Gasteiger partial charge in [-0.15, -0.1) is 0 Å². The lowest BCUT2D eigenvalue weighted by molar-refractivity contribution is -0.0394. The summed E-state index contributed by atoms with van der Waals surface area (Å²) in [5.74, 6) is 0. The quantitative estimate of drug-likeness (QED) is 0.777. The SMILES string of the molecule is FC(F)c1cc(-c2cnn(C3CCCCO3)c2)ccc1Br. The van der Waals surface area contributed by atoms with Crippen molar-refractivity contribution >= 4 is 15.9 Å². The van der Waals surface area contributed by atoms with Gasteiger partial charge in [-0.25, -0.2) is 13.5 Å². The first-order valence-electron chi connectivity index (χ1n) is 6.89. The van der Waals surface area contributed by atoms with E-state index in [4.69, 9.17) is 4.74 Å². The van der Waals surface area contributed by atoms with Gasteiger partial charge in [-0.1, -0.05) is 22.0 Å². The molecule has 0 bridgehead atoms. The Labute approximate surface area is 130 Å². The third-order valence-corrected chi connectivity index (χ3v) is 4.34. The van der Waals surface area contributed by atoms with Crippen molar-refractivity contribution in [1.82, 2.24) is 9.78 Å². The molecule has 112 valence electrons. The molecular weight excluding hydrogens is 342 g/mol. The highest BCUT2D eigenvalue weighted by molar-refractivity contribution is 9.10. The fourth-order valence-electron chi connectivity index (χ4n) is 2.47. The van der Waals surface area contributed by atoms with Crippen molar-refractivity contribution in [3.05, 3.63) is 40.6 Å². The summed E-state index contributed by atoms with van der Waals surface area (Å²) in [5.41, 5.74) is 1.54. The summed E-state index contributed by atoms with van der Waals surface area (Å²) in [4.78, 5) is 0. The topological polar surface area (TPSA) is 27.1 Å². The van der Waals surface area contributed by atoms with Gasteiger partial charge in [0.25, 0.3) is 6.43 Å². The van der Waals surface area contributed by atoms with E-state index in [1.807, 2.05) is 6.20 Å². The van der Waals surface area contributed by atoms with Crippen molar-refractivity contribution in [3.8, 4) is 11.1 Å². The largest absolute Gasteiger partial charge is 0.357 e. The molecule has 6 heteroatoms. The lowest BCUT2D eigenvalue weighted by Crippen LogP contribution is -2.18. The number of hydrogen-bond donors (Lipinski definition) is 0. The molecule has 2 aromatic rings. The van der Waals surface area contributed by atoms with Gasteiger partial charge in [0.15, 0.2) is 0 Å². The van der Waals surface area contributed by atoms with E-state index in [-0.39, 0.29) is 11.8 Å². The number of ether oxygens (including phenoxy) is 1. The van der Waals surface area contributed by atoms with Crippen molar-refractivity contribution in [2.45, 2.75) is 31.9 Å². The fraction of sp³-hybridized carbons (Fsp3) is 0.400. The lowest BCUT2D eigenvalue weighted by atomic mass is 10.1. The van der Waals surface area contributed by atoms with E-state index in [1.165, 1.54) is 6.07 Å². The average Bonchev–Trinajstić information content (AvgIpc) is 2.98. The van der Waals surface area contributed by atoms with Crippen LogP contribution in [0.25, 0.3) is 11.1 Å². The van der Waals surface area contributed by atoms with E-state index >= 15 is 0 Å². The molecule has 3 rings (SSSR count). The molecular formula is C15H15BrF2N2O. The van der Waals surface area contributed by atoms with Gasteiger partial charge in [0, 0.05) is 28.4 Å².